The first-order valence-electron chi connectivity index (χ1n) is 7.98. The molecule has 0 amide bonds. The van der Waals surface area contributed by atoms with E-state index in [-0.39, 0.29) is 22.9 Å². The van der Waals surface area contributed by atoms with Gasteiger partial charge < -0.3 is 10.1 Å². The molecule has 0 fully saturated rings. The number of carbonyl (C=O) groups is 1. The Kier molecular flexibility index (Phi) is 3.99. The lowest BCUT2D eigenvalue weighted by atomic mass is 9.99. The summed E-state index contributed by atoms with van der Waals surface area (Å²) in [5.74, 6) is -0.235. The van der Waals surface area contributed by atoms with Crippen molar-refractivity contribution in [2.45, 2.75) is 0 Å². The van der Waals surface area contributed by atoms with Gasteiger partial charge in [0.05, 0.1) is 6.20 Å². The van der Waals surface area contributed by atoms with Gasteiger partial charge in [-0.2, -0.15) is 0 Å². The van der Waals surface area contributed by atoms with Gasteiger partial charge in [-0.1, -0.05) is 60.7 Å². The van der Waals surface area contributed by atoms with Crippen molar-refractivity contribution < 1.29 is 9.90 Å². The minimum Gasteiger partial charge on any atom is -0.506 e. The van der Waals surface area contributed by atoms with Gasteiger partial charge in [0.25, 0.3) is 0 Å². The standard InChI is InChI=1S/C20H14N4O2/c25-17(13-7-3-1-4-8-13)16(18(26)14-9-5-2-6-10-14)20-23-15-11-21-12-22-19(15)24-20/h1-12,25H,(H,21,22,23,24)/b17-16+. The number of aromatic nitrogens is 4. The van der Waals surface area contributed by atoms with Crippen LogP contribution in [-0.2, 0) is 0 Å². The van der Waals surface area contributed by atoms with Crippen molar-refractivity contribution in [1.82, 2.24) is 19.9 Å². The van der Waals surface area contributed by atoms with Crippen molar-refractivity contribution in [3.63, 3.8) is 0 Å². The van der Waals surface area contributed by atoms with E-state index >= 15 is 0 Å². The minimum absolute atomic E-state index is 0.0837. The van der Waals surface area contributed by atoms with E-state index in [1.165, 1.54) is 6.33 Å². The molecule has 0 spiro atoms. The predicted molar refractivity (Wildman–Crippen MR) is 98.3 cm³/mol. The van der Waals surface area contributed by atoms with E-state index < -0.39 is 0 Å². The highest BCUT2D eigenvalue weighted by atomic mass is 16.3. The summed E-state index contributed by atoms with van der Waals surface area (Å²) >= 11 is 0. The van der Waals surface area contributed by atoms with E-state index in [1.807, 2.05) is 12.1 Å². The molecule has 26 heavy (non-hydrogen) atoms. The number of benzene rings is 2. The number of H-pyrrole nitrogens is 1. The number of imidazole rings is 1. The van der Waals surface area contributed by atoms with Crippen LogP contribution >= 0.6 is 0 Å². The maximum absolute atomic E-state index is 13.1. The number of aromatic amines is 1. The number of nitrogens with one attached hydrogen (secondary N) is 1. The molecule has 0 saturated carbocycles. The fourth-order valence-electron chi connectivity index (χ4n) is 2.68. The molecule has 0 saturated heterocycles. The number of aliphatic hydroxyl groups is 1. The molecule has 0 atom stereocenters. The smallest absolute Gasteiger partial charge is 0.200 e. The molecule has 6 heteroatoms. The summed E-state index contributed by atoms with van der Waals surface area (Å²) in [6, 6.07) is 17.7. The molecule has 6 nitrogen and oxygen atoms in total. The Morgan fingerprint density at radius 3 is 2.23 bits per heavy atom. The lowest BCUT2D eigenvalue weighted by Crippen LogP contribution is -2.07. The highest BCUT2D eigenvalue weighted by Gasteiger charge is 2.23. The van der Waals surface area contributed by atoms with Crippen molar-refractivity contribution in [2.24, 2.45) is 0 Å². The number of nitrogens with zero attached hydrogens (tertiary/aromatic N) is 3. The normalized spacial score (nSPS) is 12.0. The van der Waals surface area contributed by atoms with Gasteiger partial charge in [-0.05, 0) is 0 Å². The third-order valence-electron chi connectivity index (χ3n) is 3.95. The lowest BCUT2D eigenvalue weighted by Gasteiger charge is -2.08. The number of carbonyl (C=O) groups excluding carboxylic acids is 1. The summed E-state index contributed by atoms with van der Waals surface area (Å²) in [4.78, 5) is 28.5. The van der Waals surface area contributed by atoms with Crippen LogP contribution in [0.15, 0.2) is 73.2 Å². The molecule has 2 aromatic heterocycles. The minimum atomic E-state index is -0.334. The second-order valence-corrected chi connectivity index (χ2v) is 5.63. The Morgan fingerprint density at radius 2 is 1.58 bits per heavy atom. The summed E-state index contributed by atoms with van der Waals surface area (Å²) in [7, 11) is 0. The number of Topliss-reactive ketones (excluding diaryl/α,β-unsaturated/α-hetero) is 1. The van der Waals surface area contributed by atoms with Gasteiger partial charge in [-0.3, -0.25) is 4.79 Å². The lowest BCUT2D eigenvalue weighted by molar-refractivity contribution is 0.105. The molecule has 0 aliphatic rings. The number of hydrogen-bond donors (Lipinski definition) is 2. The first-order valence-corrected chi connectivity index (χ1v) is 7.98. The van der Waals surface area contributed by atoms with E-state index in [2.05, 4.69) is 19.9 Å². The molecular formula is C20H14N4O2. The predicted octanol–water partition coefficient (Wildman–Crippen LogP) is 3.66. The van der Waals surface area contributed by atoms with E-state index in [0.717, 1.165) is 0 Å². The maximum Gasteiger partial charge on any atom is 0.200 e. The average Bonchev–Trinajstić information content (AvgIpc) is 3.13. The van der Waals surface area contributed by atoms with Crippen molar-refractivity contribution in [3.8, 4) is 0 Å². The molecule has 0 aliphatic carbocycles. The molecule has 2 N–H and O–H groups in total. The fourth-order valence-corrected chi connectivity index (χ4v) is 2.68. The SMILES string of the molecule is O=C(/C(=C(\O)c1ccccc1)c1nc2ncncc2[nH]1)c1ccccc1. The van der Waals surface area contributed by atoms with Crippen LogP contribution in [-0.4, -0.2) is 30.8 Å². The Hall–Kier alpha value is -3.80. The Morgan fingerprint density at radius 1 is 0.923 bits per heavy atom. The second-order valence-electron chi connectivity index (χ2n) is 5.63. The third-order valence-corrected chi connectivity index (χ3v) is 3.95. The molecule has 2 aromatic carbocycles. The van der Waals surface area contributed by atoms with Gasteiger partial charge in [-0.15, -0.1) is 0 Å². The number of ketones is 1. The number of allylic oxidation sites excluding steroid dienone is 1. The van der Waals surface area contributed by atoms with Crippen LogP contribution < -0.4 is 0 Å². The Bertz CT molecular complexity index is 1070. The van der Waals surface area contributed by atoms with Gasteiger partial charge in [0.15, 0.2) is 5.65 Å². The Balaban J connectivity index is 1.93. The monoisotopic (exact) mass is 342 g/mol. The van der Waals surface area contributed by atoms with Crippen molar-refractivity contribution in [1.29, 1.82) is 0 Å². The quantitative estimate of drug-likeness (QED) is 0.335. The van der Waals surface area contributed by atoms with Crippen LogP contribution in [0.5, 0.6) is 0 Å². The molecule has 0 unspecified atom stereocenters. The Labute approximate surface area is 148 Å². The first-order chi connectivity index (χ1) is 12.7. The molecular weight excluding hydrogens is 328 g/mol. The summed E-state index contributed by atoms with van der Waals surface area (Å²) in [5, 5.41) is 10.9. The van der Waals surface area contributed by atoms with E-state index in [1.54, 1.807) is 54.7 Å². The van der Waals surface area contributed by atoms with Crippen LogP contribution in [0.25, 0.3) is 22.5 Å². The highest BCUT2D eigenvalue weighted by Crippen LogP contribution is 2.27. The van der Waals surface area contributed by atoms with Gasteiger partial charge >= 0.3 is 0 Å². The van der Waals surface area contributed by atoms with E-state index in [9.17, 15) is 9.90 Å². The molecule has 4 rings (SSSR count). The number of hydrogen-bond acceptors (Lipinski definition) is 5. The number of fused-ring (bicyclic) bond motifs is 1. The largest absolute Gasteiger partial charge is 0.506 e. The first kappa shape index (κ1) is 15.7. The number of rotatable bonds is 4. The molecule has 126 valence electrons. The molecule has 0 radical (unpaired) electrons. The summed E-state index contributed by atoms with van der Waals surface area (Å²) in [5.41, 5.74) is 2.08. The molecule has 0 aliphatic heterocycles. The zero-order chi connectivity index (χ0) is 17.9. The van der Waals surface area contributed by atoms with Crippen LogP contribution in [0, 0.1) is 0 Å². The zero-order valence-electron chi connectivity index (χ0n) is 13.6. The van der Waals surface area contributed by atoms with Crippen molar-refractivity contribution >= 4 is 28.3 Å². The van der Waals surface area contributed by atoms with Crippen LogP contribution in [0.2, 0.25) is 0 Å². The van der Waals surface area contributed by atoms with Gasteiger partial charge in [0.1, 0.15) is 29.0 Å². The van der Waals surface area contributed by atoms with Gasteiger partial charge in [0, 0.05) is 11.1 Å². The average molecular weight is 342 g/mol. The fraction of sp³-hybridized carbons (Fsp3) is 0. The van der Waals surface area contributed by atoms with Crippen LogP contribution in [0.3, 0.4) is 0 Å². The second kappa shape index (κ2) is 6.60. The maximum atomic E-state index is 13.1. The molecule has 4 aromatic rings. The third kappa shape index (κ3) is 2.84. The summed E-state index contributed by atoms with van der Waals surface area (Å²) in [6.45, 7) is 0. The van der Waals surface area contributed by atoms with Gasteiger partial charge in [0.2, 0.25) is 5.78 Å². The highest BCUT2D eigenvalue weighted by molar-refractivity contribution is 6.33. The van der Waals surface area contributed by atoms with Crippen molar-refractivity contribution in [2.75, 3.05) is 0 Å². The van der Waals surface area contributed by atoms with Crippen molar-refractivity contribution in [3.05, 3.63) is 90.1 Å². The molecule has 2 heterocycles. The summed E-state index contributed by atoms with van der Waals surface area (Å²) in [6.07, 6.45) is 2.95. The van der Waals surface area contributed by atoms with Crippen LogP contribution in [0.4, 0.5) is 0 Å². The van der Waals surface area contributed by atoms with E-state index in [0.29, 0.717) is 22.3 Å². The zero-order valence-corrected chi connectivity index (χ0v) is 13.6. The number of aliphatic hydroxyl groups excluding tert-OH is 1. The summed E-state index contributed by atoms with van der Waals surface area (Å²) < 4.78 is 0. The van der Waals surface area contributed by atoms with Gasteiger partial charge in [-0.25, -0.2) is 15.0 Å². The molecule has 0 bridgehead atoms. The van der Waals surface area contributed by atoms with E-state index in [4.69, 9.17) is 0 Å². The van der Waals surface area contributed by atoms with Crippen LogP contribution in [0.1, 0.15) is 21.7 Å². The topological polar surface area (TPSA) is 91.8 Å².